The number of allylic oxidation sites excluding steroid dienone is 22. The molecule has 0 aliphatic rings. The van der Waals surface area contributed by atoms with Crippen LogP contribution in [0.4, 0.5) is 0 Å². The summed E-state index contributed by atoms with van der Waals surface area (Å²) in [5.74, 6) is -1.60. The van der Waals surface area contributed by atoms with Crippen LogP contribution in [0, 0.1) is 0 Å². The molecule has 4 N–H and O–H groups in total. The van der Waals surface area contributed by atoms with Crippen LogP contribution in [0.5, 0.6) is 0 Å². The summed E-state index contributed by atoms with van der Waals surface area (Å²) in [4.78, 5) is 58.7. The van der Waals surface area contributed by atoms with Gasteiger partial charge >= 0.3 is 33.6 Å². The van der Waals surface area contributed by atoms with Gasteiger partial charge in [0.25, 0.3) is 0 Å². The number of aliphatic hydroxyl groups excluding tert-OH is 2. The molecule has 0 heterocycles. The fraction of sp³-hybridized carbons (Fsp3) is 0.706. The lowest BCUT2D eigenvalue weighted by atomic mass is 10.0. The first-order valence-electron chi connectivity index (χ1n) is 40.5. The standard InChI is InChI=1S/C85H146O16P2/c1-4-7-10-13-16-19-22-25-28-31-33-34-35-36-37-38-39-40-41-42-43-44-46-49-50-53-56-59-62-65-68-71-83(88)95-74-80(86)75-97-102(91,92)98-76-81(87)77-99-103(93,94)100-79-82(101-85(90)73-70-67-64-61-58-55-52-47-30-27-24-21-18-15-12-9-6-3)78-96-84(89)72-69-66-63-60-57-54-51-48-45-32-29-26-23-20-17-14-11-8-5-2/h7,9-10,12,16-21,25-30,33-34,36-37,45,48,80-82,86-87H,4-6,8,11,13-15,22-24,31-32,35,38-44,46-47,49-79H2,1-3H3,(H,91,92)(H,93,94)/b10-7-,12-9-,19-16-,20-17-,21-18-,28-25-,29-26-,30-27-,34-33-,37-36-,48-45-. The molecule has 0 aromatic carbocycles. The molecule has 0 aliphatic carbocycles. The van der Waals surface area contributed by atoms with Crippen molar-refractivity contribution < 1.29 is 75.8 Å². The van der Waals surface area contributed by atoms with Gasteiger partial charge in [-0.25, -0.2) is 9.13 Å². The molecule has 103 heavy (non-hydrogen) atoms. The summed E-state index contributed by atoms with van der Waals surface area (Å²) in [6, 6.07) is 0. The molecular formula is C85H146O16P2. The number of ether oxygens (including phenoxy) is 3. The number of carbonyl (C=O) groups excluding carboxylic acids is 3. The van der Waals surface area contributed by atoms with Crippen LogP contribution in [-0.4, -0.2) is 95.9 Å². The number of unbranched alkanes of at least 4 members (excludes halogenated alkanes) is 31. The summed E-state index contributed by atoms with van der Waals surface area (Å²) in [5.41, 5.74) is 0. The van der Waals surface area contributed by atoms with E-state index in [4.69, 9.17) is 32.3 Å². The summed E-state index contributed by atoms with van der Waals surface area (Å²) in [6.45, 7) is 2.43. The second-order valence-corrected chi connectivity index (χ2v) is 29.7. The van der Waals surface area contributed by atoms with Crippen molar-refractivity contribution in [3.8, 4) is 0 Å². The van der Waals surface area contributed by atoms with Crippen LogP contribution < -0.4 is 0 Å². The summed E-state index contributed by atoms with van der Waals surface area (Å²) >= 11 is 0. The van der Waals surface area contributed by atoms with Crippen LogP contribution in [0.2, 0.25) is 0 Å². The number of hydrogen-bond acceptors (Lipinski definition) is 14. The Bertz CT molecular complexity index is 2410. The molecule has 0 fully saturated rings. The number of hydrogen-bond donors (Lipinski definition) is 4. The highest BCUT2D eigenvalue weighted by Crippen LogP contribution is 2.45. The second-order valence-electron chi connectivity index (χ2n) is 26.8. The molecule has 5 unspecified atom stereocenters. The van der Waals surface area contributed by atoms with Crippen LogP contribution in [-0.2, 0) is 55.8 Å². The van der Waals surface area contributed by atoms with Gasteiger partial charge in [0.2, 0.25) is 0 Å². The molecule has 5 atom stereocenters. The highest BCUT2D eigenvalue weighted by atomic mass is 31.2. The van der Waals surface area contributed by atoms with Gasteiger partial charge in [0.15, 0.2) is 6.10 Å². The first kappa shape index (κ1) is 98.7. The van der Waals surface area contributed by atoms with Gasteiger partial charge in [-0.15, -0.1) is 0 Å². The molecule has 592 valence electrons. The minimum atomic E-state index is -4.94. The third kappa shape index (κ3) is 78.6. The van der Waals surface area contributed by atoms with Crippen LogP contribution >= 0.6 is 15.6 Å². The molecule has 0 aromatic heterocycles. The predicted molar refractivity (Wildman–Crippen MR) is 426 cm³/mol. The smallest absolute Gasteiger partial charge is 0.463 e. The third-order valence-corrected chi connectivity index (χ3v) is 18.7. The van der Waals surface area contributed by atoms with Gasteiger partial charge in [0.1, 0.15) is 25.4 Å². The van der Waals surface area contributed by atoms with E-state index in [1.165, 1.54) is 96.3 Å². The summed E-state index contributed by atoms with van der Waals surface area (Å²) in [6.07, 6.45) is 93.6. The van der Waals surface area contributed by atoms with Crippen molar-refractivity contribution in [1.29, 1.82) is 0 Å². The zero-order chi connectivity index (χ0) is 75.2. The first-order valence-corrected chi connectivity index (χ1v) is 43.5. The lowest BCUT2D eigenvalue weighted by Crippen LogP contribution is -2.30. The van der Waals surface area contributed by atoms with Crippen LogP contribution in [0.15, 0.2) is 134 Å². The van der Waals surface area contributed by atoms with E-state index in [1.54, 1.807) is 0 Å². The number of aliphatic hydroxyl groups is 2. The summed E-state index contributed by atoms with van der Waals surface area (Å²) < 4.78 is 61.2. The van der Waals surface area contributed by atoms with Crippen molar-refractivity contribution in [3.05, 3.63) is 134 Å². The Kier molecular flexibility index (Phi) is 74.1. The number of rotatable bonds is 76. The molecule has 0 spiro atoms. The van der Waals surface area contributed by atoms with Gasteiger partial charge in [0.05, 0.1) is 26.4 Å². The fourth-order valence-electron chi connectivity index (χ4n) is 10.7. The van der Waals surface area contributed by atoms with Crippen LogP contribution in [0.1, 0.15) is 329 Å². The predicted octanol–water partition coefficient (Wildman–Crippen LogP) is 23.9. The van der Waals surface area contributed by atoms with E-state index in [1.807, 2.05) is 0 Å². The van der Waals surface area contributed by atoms with Gasteiger partial charge in [-0.2, -0.15) is 0 Å². The lowest BCUT2D eigenvalue weighted by Gasteiger charge is -2.21. The second kappa shape index (κ2) is 77.3. The van der Waals surface area contributed by atoms with Crippen molar-refractivity contribution >= 4 is 33.6 Å². The van der Waals surface area contributed by atoms with Crippen molar-refractivity contribution in [3.63, 3.8) is 0 Å². The van der Waals surface area contributed by atoms with Gasteiger partial charge in [-0.05, 0) is 135 Å². The van der Waals surface area contributed by atoms with Gasteiger partial charge in [-0.1, -0.05) is 309 Å². The van der Waals surface area contributed by atoms with Gasteiger partial charge in [0, 0.05) is 19.3 Å². The Hall–Kier alpha value is -4.31. The lowest BCUT2D eigenvalue weighted by molar-refractivity contribution is -0.161. The summed E-state index contributed by atoms with van der Waals surface area (Å²) in [7, 11) is -9.80. The maximum Gasteiger partial charge on any atom is 0.472 e. The van der Waals surface area contributed by atoms with E-state index in [0.29, 0.717) is 19.3 Å². The molecule has 0 aliphatic heterocycles. The molecule has 0 rings (SSSR count). The van der Waals surface area contributed by atoms with E-state index in [2.05, 4.69) is 154 Å². The molecule has 18 heteroatoms. The minimum absolute atomic E-state index is 0.0883. The monoisotopic (exact) mass is 1490 g/mol. The molecule has 0 amide bonds. The highest BCUT2D eigenvalue weighted by molar-refractivity contribution is 7.47. The average molecular weight is 1490 g/mol. The fourth-order valence-corrected chi connectivity index (χ4v) is 12.3. The Morgan fingerprint density at radius 2 is 0.515 bits per heavy atom. The SMILES string of the molecule is CC/C=C\C/C=C\C/C=C\C/C=C\C/C=C\CCCCCCCCCCCCCCCCCC(=O)OCC(O)COP(=O)(O)OCC(O)COP(=O)(O)OCC(COC(=O)CCCCCCCC/C=C\C/C=C\C/C=C\CCCCC)OC(=O)CCCCCCCCC/C=C\C/C=C\C/C=C\CC. The van der Waals surface area contributed by atoms with E-state index in [9.17, 15) is 43.5 Å². The number of phosphoric acid groups is 2. The molecule has 0 saturated heterocycles. The molecule has 16 nitrogen and oxygen atoms in total. The number of esters is 3. The summed E-state index contributed by atoms with van der Waals surface area (Å²) in [5, 5.41) is 20.7. The maximum atomic E-state index is 13.0. The number of phosphoric ester groups is 2. The Balaban J connectivity index is 4.51. The Morgan fingerprint density at radius 1 is 0.282 bits per heavy atom. The topological polar surface area (TPSA) is 231 Å². The normalized spacial score (nSPS) is 14.7. The van der Waals surface area contributed by atoms with Crippen LogP contribution in [0.25, 0.3) is 0 Å². The van der Waals surface area contributed by atoms with Crippen molar-refractivity contribution in [2.24, 2.45) is 0 Å². The molecule has 0 saturated carbocycles. The zero-order valence-electron chi connectivity index (χ0n) is 64.7. The van der Waals surface area contributed by atoms with Crippen molar-refractivity contribution in [1.82, 2.24) is 0 Å². The largest absolute Gasteiger partial charge is 0.472 e. The van der Waals surface area contributed by atoms with E-state index < -0.39 is 91.5 Å². The van der Waals surface area contributed by atoms with Crippen molar-refractivity contribution in [2.45, 2.75) is 347 Å². The molecule has 0 bridgehead atoms. The Labute approximate surface area is 626 Å². The van der Waals surface area contributed by atoms with E-state index in [0.717, 1.165) is 173 Å². The van der Waals surface area contributed by atoms with Gasteiger partial charge < -0.3 is 34.2 Å². The van der Waals surface area contributed by atoms with Crippen molar-refractivity contribution in [2.75, 3.05) is 39.6 Å². The molecule has 0 aromatic rings. The molecule has 0 radical (unpaired) electrons. The quantitative estimate of drug-likeness (QED) is 0.0146. The Morgan fingerprint density at radius 3 is 0.816 bits per heavy atom. The van der Waals surface area contributed by atoms with Crippen LogP contribution in [0.3, 0.4) is 0 Å². The molecular weight excluding hydrogens is 1340 g/mol. The number of carbonyl (C=O) groups is 3. The third-order valence-electron chi connectivity index (χ3n) is 16.8. The first-order chi connectivity index (χ1) is 50.2. The zero-order valence-corrected chi connectivity index (χ0v) is 66.5. The minimum Gasteiger partial charge on any atom is -0.463 e. The maximum absolute atomic E-state index is 13.0. The van der Waals surface area contributed by atoms with Gasteiger partial charge in [-0.3, -0.25) is 32.5 Å². The average Bonchev–Trinajstić information content (AvgIpc) is 0.915. The van der Waals surface area contributed by atoms with E-state index >= 15 is 0 Å². The highest BCUT2D eigenvalue weighted by Gasteiger charge is 2.29. The van der Waals surface area contributed by atoms with E-state index in [-0.39, 0.29) is 19.3 Å².